The van der Waals surface area contributed by atoms with Gasteiger partial charge < -0.3 is 14.8 Å². The molecular weight excluding hydrogens is 332 g/mol. The minimum atomic E-state index is -3.43. The molecule has 24 heavy (non-hydrogen) atoms. The summed E-state index contributed by atoms with van der Waals surface area (Å²) in [5.74, 6) is 1.17. The van der Waals surface area contributed by atoms with E-state index < -0.39 is 10.0 Å². The molecule has 0 saturated heterocycles. The molecule has 0 bridgehead atoms. The topological polar surface area (TPSA) is 84.9 Å². The number of carbonyl (C=O) groups is 1. The van der Waals surface area contributed by atoms with Crippen molar-refractivity contribution in [2.24, 2.45) is 5.92 Å². The standard InChI is InChI=1S/C16H24N2O5S/c1-12(2)6-7-18(24(3,20)21)11-16(19)17-13-4-5-14-15(10-13)23-9-8-22-14/h4-5,10,12H,6-9,11H2,1-3H3,(H,17,19). The third kappa shape index (κ3) is 5.38. The highest BCUT2D eigenvalue weighted by Crippen LogP contribution is 2.32. The fourth-order valence-corrected chi connectivity index (χ4v) is 3.03. The van der Waals surface area contributed by atoms with E-state index >= 15 is 0 Å². The summed E-state index contributed by atoms with van der Waals surface area (Å²) in [6.45, 7) is 5.09. The summed E-state index contributed by atoms with van der Waals surface area (Å²) in [6, 6.07) is 5.09. The van der Waals surface area contributed by atoms with Crippen molar-refractivity contribution >= 4 is 21.6 Å². The maximum Gasteiger partial charge on any atom is 0.239 e. The molecule has 0 spiro atoms. The van der Waals surface area contributed by atoms with Gasteiger partial charge in [-0.15, -0.1) is 0 Å². The Morgan fingerprint density at radius 1 is 1.25 bits per heavy atom. The summed E-state index contributed by atoms with van der Waals surface area (Å²) in [4.78, 5) is 12.2. The van der Waals surface area contributed by atoms with E-state index in [2.05, 4.69) is 5.32 Å². The second kappa shape index (κ2) is 7.85. The lowest BCUT2D eigenvalue weighted by atomic mass is 10.1. The van der Waals surface area contributed by atoms with Gasteiger partial charge in [-0.3, -0.25) is 4.79 Å². The summed E-state index contributed by atoms with van der Waals surface area (Å²) >= 11 is 0. The number of carbonyl (C=O) groups excluding carboxylic acids is 1. The van der Waals surface area contributed by atoms with Gasteiger partial charge in [0.15, 0.2) is 11.5 Å². The van der Waals surface area contributed by atoms with Crippen LogP contribution in [0.3, 0.4) is 0 Å². The molecule has 0 aliphatic carbocycles. The van der Waals surface area contributed by atoms with Gasteiger partial charge in [0.2, 0.25) is 15.9 Å². The van der Waals surface area contributed by atoms with Gasteiger partial charge in [-0.2, -0.15) is 4.31 Å². The number of anilines is 1. The molecule has 8 heteroatoms. The molecule has 0 unspecified atom stereocenters. The van der Waals surface area contributed by atoms with E-state index in [9.17, 15) is 13.2 Å². The SMILES string of the molecule is CC(C)CCN(CC(=O)Nc1ccc2c(c1)OCCO2)S(C)(=O)=O. The van der Waals surface area contributed by atoms with Gasteiger partial charge in [-0.1, -0.05) is 13.8 Å². The second-order valence-corrected chi connectivity index (χ2v) is 8.17. The molecule has 1 aliphatic rings. The zero-order valence-corrected chi connectivity index (χ0v) is 15.1. The van der Waals surface area contributed by atoms with Crippen molar-refractivity contribution in [2.75, 3.05) is 37.9 Å². The number of ether oxygens (including phenoxy) is 2. The van der Waals surface area contributed by atoms with Gasteiger partial charge in [0, 0.05) is 18.3 Å². The molecule has 0 saturated carbocycles. The molecule has 0 atom stereocenters. The summed E-state index contributed by atoms with van der Waals surface area (Å²) in [5, 5.41) is 2.70. The van der Waals surface area contributed by atoms with E-state index in [0.29, 0.717) is 49.3 Å². The Bertz CT molecular complexity index is 688. The maximum absolute atomic E-state index is 12.2. The summed E-state index contributed by atoms with van der Waals surface area (Å²) < 4.78 is 35.7. The molecule has 1 heterocycles. The molecule has 1 N–H and O–H groups in total. The van der Waals surface area contributed by atoms with Crippen molar-refractivity contribution < 1.29 is 22.7 Å². The molecule has 0 aromatic heterocycles. The monoisotopic (exact) mass is 356 g/mol. The normalized spacial score (nSPS) is 14.0. The van der Waals surface area contributed by atoms with Gasteiger partial charge in [0.25, 0.3) is 0 Å². The van der Waals surface area contributed by atoms with E-state index in [-0.39, 0.29) is 12.5 Å². The lowest BCUT2D eigenvalue weighted by molar-refractivity contribution is -0.116. The van der Waals surface area contributed by atoms with Crippen LogP contribution in [-0.4, -0.2) is 51.2 Å². The molecule has 0 radical (unpaired) electrons. The van der Waals surface area contributed by atoms with Crippen LogP contribution in [0.4, 0.5) is 5.69 Å². The lowest BCUT2D eigenvalue weighted by Gasteiger charge is -2.21. The molecule has 7 nitrogen and oxygen atoms in total. The molecule has 1 aliphatic heterocycles. The van der Waals surface area contributed by atoms with E-state index in [1.165, 1.54) is 4.31 Å². The Morgan fingerprint density at radius 3 is 2.54 bits per heavy atom. The first-order chi connectivity index (χ1) is 11.3. The lowest BCUT2D eigenvalue weighted by Crippen LogP contribution is -2.38. The second-order valence-electron chi connectivity index (χ2n) is 6.19. The number of amides is 1. The van der Waals surface area contributed by atoms with Crippen molar-refractivity contribution in [1.82, 2.24) is 4.31 Å². The van der Waals surface area contributed by atoms with E-state index in [1.807, 2.05) is 13.8 Å². The highest BCUT2D eigenvalue weighted by Gasteiger charge is 2.21. The third-order valence-electron chi connectivity index (χ3n) is 3.57. The molecule has 134 valence electrons. The minimum Gasteiger partial charge on any atom is -0.486 e. The molecule has 0 fully saturated rings. The number of hydrogen-bond donors (Lipinski definition) is 1. The summed E-state index contributed by atoms with van der Waals surface area (Å²) in [5.41, 5.74) is 0.543. The number of hydrogen-bond acceptors (Lipinski definition) is 5. The summed E-state index contributed by atoms with van der Waals surface area (Å²) in [7, 11) is -3.43. The number of rotatable bonds is 7. The molecule has 1 aromatic rings. The van der Waals surface area contributed by atoms with Crippen LogP contribution in [0, 0.1) is 5.92 Å². The number of nitrogens with one attached hydrogen (secondary N) is 1. The number of benzene rings is 1. The van der Waals surface area contributed by atoms with Gasteiger partial charge in [-0.25, -0.2) is 8.42 Å². The van der Waals surface area contributed by atoms with Crippen molar-refractivity contribution in [3.8, 4) is 11.5 Å². The van der Waals surface area contributed by atoms with Crippen molar-refractivity contribution in [2.45, 2.75) is 20.3 Å². The predicted molar refractivity (Wildman–Crippen MR) is 91.9 cm³/mol. The Kier molecular flexibility index (Phi) is 6.06. The van der Waals surface area contributed by atoms with Crippen LogP contribution in [0.5, 0.6) is 11.5 Å². The van der Waals surface area contributed by atoms with Gasteiger partial charge >= 0.3 is 0 Å². The fraction of sp³-hybridized carbons (Fsp3) is 0.562. The van der Waals surface area contributed by atoms with Crippen LogP contribution in [0.25, 0.3) is 0 Å². The molecule has 1 amide bonds. The third-order valence-corrected chi connectivity index (χ3v) is 4.82. The van der Waals surface area contributed by atoms with E-state index in [4.69, 9.17) is 9.47 Å². The zero-order valence-electron chi connectivity index (χ0n) is 14.2. The smallest absolute Gasteiger partial charge is 0.239 e. The van der Waals surface area contributed by atoms with Crippen molar-refractivity contribution in [3.63, 3.8) is 0 Å². The molecule has 2 rings (SSSR count). The van der Waals surface area contributed by atoms with Crippen LogP contribution in [0.1, 0.15) is 20.3 Å². The van der Waals surface area contributed by atoms with Crippen LogP contribution in [-0.2, 0) is 14.8 Å². The first kappa shape index (κ1) is 18.5. The predicted octanol–water partition coefficient (Wildman–Crippen LogP) is 1.70. The first-order valence-corrected chi connectivity index (χ1v) is 9.75. The number of nitrogens with zero attached hydrogens (tertiary/aromatic N) is 1. The molecule has 1 aromatic carbocycles. The van der Waals surface area contributed by atoms with E-state index in [1.54, 1.807) is 18.2 Å². The average Bonchev–Trinajstić information content (AvgIpc) is 2.50. The Morgan fingerprint density at radius 2 is 1.92 bits per heavy atom. The first-order valence-electron chi connectivity index (χ1n) is 7.90. The van der Waals surface area contributed by atoms with E-state index in [0.717, 1.165) is 6.26 Å². The Hall–Kier alpha value is -1.80. The van der Waals surface area contributed by atoms with Gasteiger partial charge in [0.05, 0.1) is 12.8 Å². The summed E-state index contributed by atoms with van der Waals surface area (Å²) in [6.07, 6.45) is 1.81. The van der Waals surface area contributed by atoms with Crippen LogP contribution >= 0.6 is 0 Å². The van der Waals surface area contributed by atoms with Gasteiger partial charge in [0.1, 0.15) is 13.2 Å². The number of fused-ring (bicyclic) bond motifs is 1. The van der Waals surface area contributed by atoms with Crippen LogP contribution < -0.4 is 14.8 Å². The maximum atomic E-state index is 12.2. The van der Waals surface area contributed by atoms with Crippen molar-refractivity contribution in [1.29, 1.82) is 0 Å². The van der Waals surface area contributed by atoms with Crippen molar-refractivity contribution in [3.05, 3.63) is 18.2 Å². The minimum absolute atomic E-state index is 0.208. The Balaban J connectivity index is 2.00. The average molecular weight is 356 g/mol. The zero-order chi connectivity index (χ0) is 17.7. The van der Waals surface area contributed by atoms with Gasteiger partial charge in [-0.05, 0) is 24.5 Å². The Labute approximate surface area is 143 Å². The molecular formula is C16H24N2O5S. The largest absolute Gasteiger partial charge is 0.486 e. The quantitative estimate of drug-likeness (QED) is 0.804. The van der Waals surface area contributed by atoms with Crippen LogP contribution in [0.15, 0.2) is 18.2 Å². The highest BCUT2D eigenvalue weighted by molar-refractivity contribution is 7.88. The fourth-order valence-electron chi connectivity index (χ4n) is 2.25. The van der Waals surface area contributed by atoms with Crippen LogP contribution in [0.2, 0.25) is 0 Å². The highest BCUT2D eigenvalue weighted by atomic mass is 32.2. The number of sulfonamides is 1.